The van der Waals surface area contributed by atoms with Crippen LogP contribution in [0.15, 0.2) is 0 Å². The summed E-state index contributed by atoms with van der Waals surface area (Å²) < 4.78 is 0. The molecule has 0 aromatic rings. The van der Waals surface area contributed by atoms with Gasteiger partial charge in [0.15, 0.2) is 0 Å². The zero-order valence-corrected chi connectivity index (χ0v) is 12.1. The first-order chi connectivity index (χ1) is 9.49. The van der Waals surface area contributed by atoms with Crippen molar-refractivity contribution in [1.82, 2.24) is 15.5 Å². The third-order valence-corrected chi connectivity index (χ3v) is 4.32. The average molecular weight is 281 g/mol. The maximum Gasteiger partial charge on any atom is 0.251 e. The van der Waals surface area contributed by atoms with Crippen LogP contribution in [-0.4, -0.2) is 48.3 Å². The Labute approximate surface area is 119 Å². The van der Waals surface area contributed by atoms with Gasteiger partial charge in [0.1, 0.15) is 6.04 Å². The van der Waals surface area contributed by atoms with Crippen molar-refractivity contribution in [3.05, 3.63) is 0 Å². The van der Waals surface area contributed by atoms with Crippen LogP contribution in [0.4, 0.5) is 0 Å². The number of hydrogen-bond donors (Lipinski definition) is 2. The summed E-state index contributed by atoms with van der Waals surface area (Å²) in [4.78, 5) is 36.4. The highest BCUT2D eigenvalue weighted by Crippen LogP contribution is 2.18. The second kappa shape index (κ2) is 6.35. The lowest BCUT2D eigenvalue weighted by atomic mass is 9.90. The molecule has 6 nitrogen and oxygen atoms in total. The standard InChI is InChI=1S/C14H23N3O3/c1-9-4-3-7-15-11(9)8-12(18)16-10-5-6-13(19)17(2)14(10)20/h9-11,15H,3-8H2,1-2H3,(H,16,18). The Kier molecular flexibility index (Phi) is 4.75. The quantitative estimate of drug-likeness (QED) is 0.715. The SMILES string of the molecule is CC1CCCNC1CC(=O)NC1CCC(=O)N(C)C1=O. The van der Waals surface area contributed by atoms with Gasteiger partial charge in [-0.15, -0.1) is 0 Å². The second-order valence-electron chi connectivity index (χ2n) is 5.83. The number of piperidine rings is 2. The van der Waals surface area contributed by atoms with Gasteiger partial charge in [-0.2, -0.15) is 0 Å². The molecular formula is C14H23N3O3. The van der Waals surface area contributed by atoms with Crippen LogP contribution in [-0.2, 0) is 14.4 Å². The van der Waals surface area contributed by atoms with Gasteiger partial charge in [-0.3, -0.25) is 19.3 Å². The summed E-state index contributed by atoms with van der Waals surface area (Å²) >= 11 is 0. The molecule has 3 unspecified atom stereocenters. The lowest BCUT2D eigenvalue weighted by molar-refractivity contribution is -0.149. The summed E-state index contributed by atoms with van der Waals surface area (Å²) in [6.45, 7) is 3.09. The zero-order chi connectivity index (χ0) is 14.7. The highest BCUT2D eigenvalue weighted by Gasteiger charge is 2.33. The van der Waals surface area contributed by atoms with Gasteiger partial charge in [0.05, 0.1) is 0 Å². The Morgan fingerprint density at radius 1 is 1.40 bits per heavy atom. The number of nitrogens with zero attached hydrogens (tertiary/aromatic N) is 1. The molecule has 112 valence electrons. The fraction of sp³-hybridized carbons (Fsp3) is 0.786. The van der Waals surface area contributed by atoms with Crippen molar-refractivity contribution >= 4 is 17.7 Å². The van der Waals surface area contributed by atoms with E-state index in [0.29, 0.717) is 25.2 Å². The van der Waals surface area contributed by atoms with E-state index < -0.39 is 6.04 Å². The number of likely N-dealkylation sites (tertiary alicyclic amines) is 1. The monoisotopic (exact) mass is 281 g/mol. The molecule has 2 heterocycles. The van der Waals surface area contributed by atoms with Crippen molar-refractivity contribution in [2.75, 3.05) is 13.6 Å². The van der Waals surface area contributed by atoms with Crippen LogP contribution >= 0.6 is 0 Å². The molecule has 0 saturated carbocycles. The van der Waals surface area contributed by atoms with E-state index >= 15 is 0 Å². The minimum Gasteiger partial charge on any atom is -0.344 e. The number of rotatable bonds is 3. The molecule has 2 N–H and O–H groups in total. The van der Waals surface area contributed by atoms with E-state index in [4.69, 9.17) is 0 Å². The molecule has 6 heteroatoms. The van der Waals surface area contributed by atoms with Crippen molar-refractivity contribution in [3.8, 4) is 0 Å². The number of carbonyl (C=O) groups is 3. The molecule has 2 fully saturated rings. The molecule has 0 bridgehead atoms. The lowest BCUT2D eigenvalue weighted by Crippen LogP contribution is -2.54. The average Bonchev–Trinajstić information content (AvgIpc) is 2.42. The van der Waals surface area contributed by atoms with Gasteiger partial charge in [0.25, 0.3) is 5.91 Å². The molecule has 0 radical (unpaired) electrons. The van der Waals surface area contributed by atoms with E-state index in [2.05, 4.69) is 17.6 Å². The second-order valence-corrected chi connectivity index (χ2v) is 5.83. The van der Waals surface area contributed by atoms with Gasteiger partial charge in [-0.25, -0.2) is 0 Å². The molecule has 0 aromatic heterocycles. The molecule has 2 rings (SSSR count). The largest absolute Gasteiger partial charge is 0.344 e. The first-order valence-electron chi connectivity index (χ1n) is 7.32. The van der Waals surface area contributed by atoms with E-state index in [-0.39, 0.29) is 23.8 Å². The summed E-state index contributed by atoms with van der Waals surface area (Å²) in [5.41, 5.74) is 0. The smallest absolute Gasteiger partial charge is 0.251 e. The van der Waals surface area contributed by atoms with Crippen LogP contribution in [0.2, 0.25) is 0 Å². The highest BCUT2D eigenvalue weighted by molar-refractivity contribution is 6.01. The first-order valence-corrected chi connectivity index (χ1v) is 7.32. The van der Waals surface area contributed by atoms with E-state index in [0.717, 1.165) is 24.3 Å². The summed E-state index contributed by atoms with van der Waals surface area (Å²) in [5, 5.41) is 6.12. The normalized spacial score (nSPS) is 31.3. The predicted molar refractivity (Wildman–Crippen MR) is 73.7 cm³/mol. The number of hydrogen-bond acceptors (Lipinski definition) is 4. The van der Waals surface area contributed by atoms with Crippen LogP contribution in [0.5, 0.6) is 0 Å². The van der Waals surface area contributed by atoms with Crippen molar-refractivity contribution in [1.29, 1.82) is 0 Å². The van der Waals surface area contributed by atoms with Crippen molar-refractivity contribution in [2.45, 2.75) is 51.1 Å². The highest BCUT2D eigenvalue weighted by atomic mass is 16.2. The summed E-state index contributed by atoms with van der Waals surface area (Å²) in [6, 6.07) is -0.370. The summed E-state index contributed by atoms with van der Waals surface area (Å²) in [5.74, 6) is -0.125. The topological polar surface area (TPSA) is 78.5 Å². The Morgan fingerprint density at radius 2 is 2.15 bits per heavy atom. The molecule has 0 spiro atoms. The van der Waals surface area contributed by atoms with Crippen LogP contribution in [0.1, 0.15) is 39.0 Å². The first kappa shape index (κ1) is 15.0. The molecule has 3 atom stereocenters. The molecule has 2 saturated heterocycles. The molecule has 20 heavy (non-hydrogen) atoms. The Hall–Kier alpha value is -1.43. The van der Waals surface area contributed by atoms with E-state index in [1.807, 2.05) is 0 Å². The fourth-order valence-electron chi connectivity index (χ4n) is 2.89. The number of carbonyl (C=O) groups excluding carboxylic acids is 3. The molecule has 0 aromatic carbocycles. The van der Waals surface area contributed by atoms with Crippen LogP contribution in [0, 0.1) is 5.92 Å². The van der Waals surface area contributed by atoms with Gasteiger partial charge in [0.2, 0.25) is 11.8 Å². The van der Waals surface area contributed by atoms with Crippen LogP contribution in [0.25, 0.3) is 0 Å². The van der Waals surface area contributed by atoms with Crippen molar-refractivity contribution in [2.24, 2.45) is 5.92 Å². The van der Waals surface area contributed by atoms with Gasteiger partial charge in [-0.1, -0.05) is 6.92 Å². The Bertz CT molecular complexity index is 410. The third-order valence-electron chi connectivity index (χ3n) is 4.32. The molecular weight excluding hydrogens is 258 g/mol. The minimum absolute atomic E-state index is 0.114. The number of likely N-dealkylation sites (N-methyl/N-ethyl adjacent to an activating group) is 1. The maximum absolute atomic E-state index is 12.1. The molecule has 3 amide bonds. The van der Waals surface area contributed by atoms with E-state index in [9.17, 15) is 14.4 Å². The summed E-state index contributed by atoms with van der Waals surface area (Å²) in [6.07, 6.45) is 3.38. The van der Waals surface area contributed by atoms with Gasteiger partial charge >= 0.3 is 0 Å². The zero-order valence-electron chi connectivity index (χ0n) is 12.1. The van der Waals surface area contributed by atoms with E-state index in [1.165, 1.54) is 7.05 Å². The van der Waals surface area contributed by atoms with Gasteiger partial charge < -0.3 is 10.6 Å². The lowest BCUT2D eigenvalue weighted by Gasteiger charge is -2.31. The van der Waals surface area contributed by atoms with Crippen LogP contribution in [0.3, 0.4) is 0 Å². The van der Waals surface area contributed by atoms with Crippen molar-refractivity contribution in [3.63, 3.8) is 0 Å². The Balaban J connectivity index is 1.85. The predicted octanol–water partition coefficient (Wildman–Crippen LogP) is 0.0282. The number of amides is 3. The Morgan fingerprint density at radius 3 is 2.85 bits per heavy atom. The molecule has 2 aliphatic heterocycles. The minimum atomic E-state index is -0.552. The third kappa shape index (κ3) is 3.36. The van der Waals surface area contributed by atoms with Gasteiger partial charge in [-0.05, 0) is 31.7 Å². The summed E-state index contributed by atoms with van der Waals surface area (Å²) in [7, 11) is 1.47. The molecule has 2 aliphatic rings. The number of nitrogens with one attached hydrogen (secondary N) is 2. The van der Waals surface area contributed by atoms with Crippen LogP contribution < -0.4 is 10.6 Å². The van der Waals surface area contributed by atoms with Crippen molar-refractivity contribution < 1.29 is 14.4 Å². The number of imide groups is 1. The van der Waals surface area contributed by atoms with E-state index in [1.54, 1.807) is 0 Å². The maximum atomic E-state index is 12.1. The van der Waals surface area contributed by atoms with Gasteiger partial charge in [0, 0.05) is 25.9 Å². The fourth-order valence-corrected chi connectivity index (χ4v) is 2.89. The molecule has 0 aliphatic carbocycles.